The van der Waals surface area contributed by atoms with E-state index in [0.717, 1.165) is 12.6 Å². The fraction of sp³-hybridized carbons (Fsp3) is 0.647. The monoisotopic (exact) mass is 260 g/mol. The van der Waals surface area contributed by atoms with Crippen molar-refractivity contribution in [2.45, 2.75) is 70.6 Å². The van der Waals surface area contributed by atoms with Gasteiger partial charge in [0.25, 0.3) is 0 Å². The molecule has 2 nitrogen and oxygen atoms in total. The number of nitrogens with one attached hydrogen (secondary N) is 2. The molecule has 0 bridgehead atoms. The Labute approximate surface area is 118 Å². The minimum Gasteiger partial charge on any atom is -0.312 e. The quantitative estimate of drug-likeness (QED) is 0.818. The van der Waals surface area contributed by atoms with Crippen LogP contribution in [-0.2, 0) is 6.54 Å². The number of rotatable bonds is 6. The summed E-state index contributed by atoms with van der Waals surface area (Å²) in [7, 11) is 0. The molecule has 1 fully saturated rings. The summed E-state index contributed by atoms with van der Waals surface area (Å²) in [5.74, 6) is 0. The summed E-state index contributed by atoms with van der Waals surface area (Å²) in [4.78, 5) is 0. The van der Waals surface area contributed by atoms with Crippen molar-refractivity contribution in [3.8, 4) is 0 Å². The highest BCUT2D eigenvalue weighted by Gasteiger charge is 2.21. The van der Waals surface area contributed by atoms with Gasteiger partial charge in [0.1, 0.15) is 0 Å². The van der Waals surface area contributed by atoms with E-state index in [1.165, 1.54) is 37.7 Å². The third-order valence-corrected chi connectivity index (χ3v) is 4.30. The first-order valence-electron chi connectivity index (χ1n) is 7.81. The third-order valence-electron chi connectivity index (χ3n) is 4.30. The lowest BCUT2D eigenvalue weighted by atomic mass is 9.90. The standard InChI is InChI=1S/C17H28N2/c1-3-14(2)19-17-11-9-16(10-12-17)18-13-15-7-5-4-6-8-15/h4-8,14,16-19H,3,9-13H2,1-2H3. The van der Waals surface area contributed by atoms with Crippen LogP contribution in [0.15, 0.2) is 30.3 Å². The molecule has 0 spiro atoms. The lowest BCUT2D eigenvalue weighted by molar-refractivity contribution is 0.289. The van der Waals surface area contributed by atoms with E-state index >= 15 is 0 Å². The van der Waals surface area contributed by atoms with Crippen molar-refractivity contribution in [3.05, 3.63) is 35.9 Å². The van der Waals surface area contributed by atoms with Crippen LogP contribution < -0.4 is 10.6 Å². The Balaban J connectivity index is 1.66. The molecule has 1 aromatic carbocycles. The van der Waals surface area contributed by atoms with Crippen molar-refractivity contribution >= 4 is 0 Å². The second kappa shape index (κ2) is 7.66. The molecule has 0 radical (unpaired) electrons. The van der Waals surface area contributed by atoms with Crippen molar-refractivity contribution < 1.29 is 0 Å². The van der Waals surface area contributed by atoms with Crippen molar-refractivity contribution in [2.24, 2.45) is 0 Å². The van der Waals surface area contributed by atoms with E-state index in [0.29, 0.717) is 12.1 Å². The van der Waals surface area contributed by atoms with Crippen molar-refractivity contribution in [2.75, 3.05) is 0 Å². The highest BCUT2D eigenvalue weighted by atomic mass is 15.0. The molecule has 2 heteroatoms. The molecule has 0 aromatic heterocycles. The molecule has 2 N–H and O–H groups in total. The predicted octanol–water partition coefficient (Wildman–Crippen LogP) is 3.48. The first-order chi connectivity index (χ1) is 9.28. The summed E-state index contributed by atoms with van der Waals surface area (Å²) in [5.41, 5.74) is 1.39. The van der Waals surface area contributed by atoms with Crippen LogP contribution in [0.25, 0.3) is 0 Å². The van der Waals surface area contributed by atoms with Gasteiger partial charge in [-0.05, 0) is 44.6 Å². The molecule has 1 atom stereocenters. The minimum atomic E-state index is 0.666. The van der Waals surface area contributed by atoms with Crippen LogP contribution in [0, 0.1) is 0 Å². The zero-order valence-electron chi connectivity index (χ0n) is 12.4. The van der Waals surface area contributed by atoms with Gasteiger partial charge in [-0.3, -0.25) is 0 Å². The van der Waals surface area contributed by atoms with Crippen molar-refractivity contribution in [1.82, 2.24) is 10.6 Å². The zero-order chi connectivity index (χ0) is 13.5. The van der Waals surface area contributed by atoms with Crippen LogP contribution in [0.3, 0.4) is 0 Å². The van der Waals surface area contributed by atoms with E-state index in [9.17, 15) is 0 Å². The Morgan fingerprint density at radius 2 is 1.68 bits per heavy atom. The molecule has 1 aromatic rings. The van der Waals surface area contributed by atoms with Crippen molar-refractivity contribution in [3.63, 3.8) is 0 Å². The molecule has 1 aliphatic rings. The highest BCUT2D eigenvalue weighted by Crippen LogP contribution is 2.19. The van der Waals surface area contributed by atoms with Crippen LogP contribution in [0.4, 0.5) is 0 Å². The van der Waals surface area contributed by atoms with Crippen LogP contribution in [0.5, 0.6) is 0 Å². The first kappa shape index (κ1) is 14.5. The smallest absolute Gasteiger partial charge is 0.0208 e. The SMILES string of the molecule is CCC(C)NC1CCC(NCc2ccccc2)CC1. The highest BCUT2D eigenvalue weighted by molar-refractivity contribution is 5.14. The van der Waals surface area contributed by atoms with Gasteiger partial charge < -0.3 is 10.6 Å². The van der Waals surface area contributed by atoms with Gasteiger partial charge in [-0.15, -0.1) is 0 Å². The summed E-state index contributed by atoms with van der Waals surface area (Å²) >= 11 is 0. The van der Waals surface area contributed by atoms with E-state index in [1.807, 2.05) is 0 Å². The van der Waals surface area contributed by atoms with Gasteiger partial charge in [0.15, 0.2) is 0 Å². The van der Waals surface area contributed by atoms with Gasteiger partial charge in [0.2, 0.25) is 0 Å². The molecule has 1 aliphatic carbocycles. The number of hydrogen-bond donors (Lipinski definition) is 2. The lowest BCUT2D eigenvalue weighted by Crippen LogP contribution is -2.42. The van der Waals surface area contributed by atoms with Crippen molar-refractivity contribution in [1.29, 1.82) is 0 Å². The molecule has 1 saturated carbocycles. The van der Waals surface area contributed by atoms with Gasteiger partial charge >= 0.3 is 0 Å². The zero-order valence-corrected chi connectivity index (χ0v) is 12.4. The molecule has 2 rings (SSSR count). The Morgan fingerprint density at radius 3 is 2.32 bits per heavy atom. The van der Waals surface area contributed by atoms with Crippen LogP contribution in [0.1, 0.15) is 51.5 Å². The molecule has 0 saturated heterocycles. The topological polar surface area (TPSA) is 24.1 Å². The molecule has 0 amide bonds. The van der Waals surface area contributed by atoms with Gasteiger partial charge in [0, 0.05) is 24.7 Å². The Bertz CT molecular complexity index is 342. The molecule has 0 aliphatic heterocycles. The largest absolute Gasteiger partial charge is 0.312 e. The maximum Gasteiger partial charge on any atom is 0.0208 e. The fourth-order valence-corrected chi connectivity index (χ4v) is 2.84. The number of hydrogen-bond acceptors (Lipinski definition) is 2. The molecular weight excluding hydrogens is 232 g/mol. The molecule has 106 valence electrons. The normalized spacial score (nSPS) is 25.2. The predicted molar refractivity (Wildman–Crippen MR) is 82.2 cm³/mol. The van der Waals surface area contributed by atoms with E-state index in [1.54, 1.807) is 0 Å². The van der Waals surface area contributed by atoms with Gasteiger partial charge in [-0.25, -0.2) is 0 Å². The molecular formula is C17H28N2. The second-order valence-corrected chi connectivity index (χ2v) is 5.89. The van der Waals surface area contributed by atoms with Crippen LogP contribution >= 0.6 is 0 Å². The molecule has 1 unspecified atom stereocenters. The second-order valence-electron chi connectivity index (χ2n) is 5.89. The van der Waals surface area contributed by atoms with Gasteiger partial charge in [-0.2, -0.15) is 0 Å². The van der Waals surface area contributed by atoms with E-state index < -0.39 is 0 Å². The summed E-state index contributed by atoms with van der Waals surface area (Å²) in [6.45, 7) is 5.55. The number of benzene rings is 1. The minimum absolute atomic E-state index is 0.666. The average molecular weight is 260 g/mol. The van der Waals surface area contributed by atoms with E-state index in [4.69, 9.17) is 0 Å². The van der Waals surface area contributed by atoms with Gasteiger partial charge in [0.05, 0.1) is 0 Å². The summed E-state index contributed by atoms with van der Waals surface area (Å²) in [5, 5.41) is 7.43. The lowest BCUT2D eigenvalue weighted by Gasteiger charge is -2.31. The first-order valence-corrected chi connectivity index (χ1v) is 7.81. The van der Waals surface area contributed by atoms with Gasteiger partial charge in [-0.1, -0.05) is 37.3 Å². The summed E-state index contributed by atoms with van der Waals surface area (Å²) in [6.07, 6.45) is 6.47. The Kier molecular flexibility index (Phi) is 5.87. The Morgan fingerprint density at radius 1 is 1.05 bits per heavy atom. The van der Waals surface area contributed by atoms with Crippen LogP contribution in [0.2, 0.25) is 0 Å². The maximum atomic E-state index is 3.74. The van der Waals surface area contributed by atoms with E-state index in [-0.39, 0.29) is 0 Å². The van der Waals surface area contributed by atoms with E-state index in [2.05, 4.69) is 54.8 Å². The summed E-state index contributed by atoms with van der Waals surface area (Å²) < 4.78 is 0. The maximum absolute atomic E-state index is 3.74. The van der Waals surface area contributed by atoms with Crippen LogP contribution in [-0.4, -0.2) is 18.1 Å². The third kappa shape index (κ3) is 4.96. The average Bonchev–Trinajstić information content (AvgIpc) is 2.47. The Hall–Kier alpha value is -0.860. The molecule has 19 heavy (non-hydrogen) atoms. The molecule has 0 heterocycles. The fourth-order valence-electron chi connectivity index (χ4n) is 2.84. The summed E-state index contributed by atoms with van der Waals surface area (Å²) in [6, 6.07) is 12.8.